The number of nitrogens with zero attached hydrogens (tertiary/aromatic N) is 5. The van der Waals surface area contributed by atoms with Gasteiger partial charge < -0.3 is 18.8 Å². The van der Waals surface area contributed by atoms with Crippen molar-refractivity contribution in [3.8, 4) is 22.9 Å². The molecule has 30 heavy (non-hydrogen) atoms. The normalized spacial score (nSPS) is 10.8. The minimum atomic E-state index is -0.462. The number of methoxy groups -OCH3 is 3. The van der Waals surface area contributed by atoms with Crippen LogP contribution in [0.4, 0.5) is 5.69 Å². The van der Waals surface area contributed by atoms with Crippen LogP contribution in [0.2, 0.25) is 0 Å². The molecule has 158 valence electrons. The first kappa shape index (κ1) is 21.5. The molecular formula is C19H21N5O5S. The van der Waals surface area contributed by atoms with E-state index in [1.807, 2.05) is 16.7 Å². The van der Waals surface area contributed by atoms with Crippen molar-refractivity contribution >= 4 is 17.4 Å². The van der Waals surface area contributed by atoms with Gasteiger partial charge in [-0.3, -0.25) is 10.1 Å². The van der Waals surface area contributed by atoms with Crippen LogP contribution in [-0.4, -0.2) is 52.6 Å². The lowest BCUT2D eigenvalue weighted by molar-refractivity contribution is -0.388. The average molecular weight is 431 g/mol. The first-order valence-electron chi connectivity index (χ1n) is 9.00. The molecule has 0 saturated carbocycles. The lowest BCUT2D eigenvalue weighted by atomic mass is 10.2. The van der Waals surface area contributed by atoms with Gasteiger partial charge in [-0.25, -0.2) is 4.98 Å². The molecule has 11 heteroatoms. The first-order chi connectivity index (χ1) is 14.6. The number of pyridine rings is 1. The van der Waals surface area contributed by atoms with Crippen LogP contribution in [0.1, 0.15) is 6.42 Å². The van der Waals surface area contributed by atoms with Crippen LogP contribution in [0.25, 0.3) is 11.4 Å². The van der Waals surface area contributed by atoms with Crippen molar-refractivity contribution in [3.63, 3.8) is 0 Å². The van der Waals surface area contributed by atoms with Gasteiger partial charge >= 0.3 is 5.69 Å². The van der Waals surface area contributed by atoms with E-state index in [-0.39, 0.29) is 10.7 Å². The Morgan fingerprint density at radius 2 is 1.93 bits per heavy atom. The van der Waals surface area contributed by atoms with Crippen molar-refractivity contribution in [1.82, 2.24) is 19.7 Å². The third-order valence-electron chi connectivity index (χ3n) is 4.22. The highest BCUT2D eigenvalue weighted by Crippen LogP contribution is 2.36. The second kappa shape index (κ2) is 10.0. The van der Waals surface area contributed by atoms with E-state index in [2.05, 4.69) is 15.2 Å². The average Bonchev–Trinajstić information content (AvgIpc) is 3.16. The molecule has 2 aromatic heterocycles. The molecule has 0 aliphatic heterocycles. The van der Waals surface area contributed by atoms with Crippen molar-refractivity contribution in [2.24, 2.45) is 0 Å². The van der Waals surface area contributed by atoms with Gasteiger partial charge in [0.2, 0.25) is 0 Å². The molecule has 3 aromatic rings. The van der Waals surface area contributed by atoms with Gasteiger partial charge in [0, 0.05) is 38.1 Å². The summed E-state index contributed by atoms with van der Waals surface area (Å²) in [6, 6.07) is 8.40. The smallest absolute Gasteiger partial charge is 0.301 e. The monoisotopic (exact) mass is 431 g/mol. The number of nitro groups is 1. The predicted molar refractivity (Wildman–Crippen MR) is 110 cm³/mol. The van der Waals surface area contributed by atoms with E-state index in [0.29, 0.717) is 42.1 Å². The number of aromatic nitrogens is 4. The summed E-state index contributed by atoms with van der Waals surface area (Å²) in [5, 5.41) is 20.7. The van der Waals surface area contributed by atoms with E-state index >= 15 is 0 Å². The van der Waals surface area contributed by atoms with Crippen molar-refractivity contribution in [3.05, 3.63) is 46.6 Å². The van der Waals surface area contributed by atoms with Crippen LogP contribution in [0.5, 0.6) is 11.5 Å². The lowest BCUT2D eigenvalue weighted by Gasteiger charge is -2.12. The minimum absolute atomic E-state index is 0.0818. The summed E-state index contributed by atoms with van der Waals surface area (Å²) < 4.78 is 17.7. The Bertz CT molecular complexity index is 1030. The first-order valence-corrected chi connectivity index (χ1v) is 9.82. The molecule has 3 rings (SSSR count). The van der Waals surface area contributed by atoms with Crippen molar-refractivity contribution in [1.29, 1.82) is 0 Å². The maximum Gasteiger partial charge on any atom is 0.301 e. The fourth-order valence-corrected chi connectivity index (χ4v) is 3.71. The molecule has 10 nitrogen and oxygen atoms in total. The van der Waals surface area contributed by atoms with E-state index in [9.17, 15) is 10.1 Å². The molecule has 0 aliphatic carbocycles. The molecule has 0 saturated heterocycles. The minimum Gasteiger partial charge on any atom is -0.493 e. The Labute approximate surface area is 177 Å². The maximum atomic E-state index is 11.3. The molecule has 0 radical (unpaired) electrons. The zero-order chi connectivity index (χ0) is 21.5. The van der Waals surface area contributed by atoms with Crippen LogP contribution >= 0.6 is 11.8 Å². The highest BCUT2D eigenvalue weighted by molar-refractivity contribution is 7.99. The summed E-state index contributed by atoms with van der Waals surface area (Å²) in [6.45, 7) is 1.12. The zero-order valence-corrected chi connectivity index (χ0v) is 17.6. The van der Waals surface area contributed by atoms with E-state index in [1.165, 1.54) is 18.3 Å². The predicted octanol–water partition coefficient (Wildman–Crippen LogP) is 3.45. The van der Waals surface area contributed by atoms with Gasteiger partial charge in [-0.1, -0.05) is 0 Å². The maximum absolute atomic E-state index is 11.3. The summed E-state index contributed by atoms with van der Waals surface area (Å²) in [7, 11) is 4.76. The standard InChI is InChI=1S/C19H21N5O5S/c1-27-11-5-10-23-17(13-7-8-15(28-2)16(12-13)29-3)21-22-19(23)30-18-14(24(25)26)6-4-9-20-18/h4,6-9,12H,5,10-11H2,1-3H3. The second-order valence-corrected chi connectivity index (χ2v) is 7.02. The Hall–Kier alpha value is -3.18. The quantitative estimate of drug-likeness (QED) is 0.270. The van der Waals surface area contributed by atoms with Gasteiger partial charge in [-0.05, 0) is 42.4 Å². The SMILES string of the molecule is COCCCn1c(Sc2ncccc2[N+](=O)[O-])nnc1-c1ccc(OC)c(OC)c1. The molecule has 0 unspecified atom stereocenters. The number of benzene rings is 1. The number of ether oxygens (including phenoxy) is 3. The summed E-state index contributed by atoms with van der Waals surface area (Å²) in [5.41, 5.74) is 0.696. The highest BCUT2D eigenvalue weighted by atomic mass is 32.2. The summed E-state index contributed by atoms with van der Waals surface area (Å²) in [4.78, 5) is 15.0. The largest absolute Gasteiger partial charge is 0.493 e. The van der Waals surface area contributed by atoms with Gasteiger partial charge in [0.15, 0.2) is 27.5 Å². The zero-order valence-electron chi connectivity index (χ0n) is 16.8. The van der Waals surface area contributed by atoms with Crippen LogP contribution in [0, 0.1) is 10.1 Å². The molecule has 0 spiro atoms. The third-order valence-corrected chi connectivity index (χ3v) is 5.22. The molecule has 0 bridgehead atoms. The summed E-state index contributed by atoms with van der Waals surface area (Å²) in [5.74, 6) is 1.77. The van der Waals surface area contributed by atoms with Crippen LogP contribution in [-0.2, 0) is 11.3 Å². The van der Waals surface area contributed by atoms with Gasteiger partial charge in [0.05, 0.1) is 19.1 Å². The summed E-state index contributed by atoms with van der Waals surface area (Å²) in [6.07, 6.45) is 2.23. The number of hydrogen-bond donors (Lipinski definition) is 0. The van der Waals surface area contributed by atoms with E-state index < -0.39 is 4.92 Å². The van der Waals surface area contributed by atoms with Crippen LogP contribution in [0.3, 0.4) is 0 Å². The number of rotatable bonds is 10. The number of hydrogen-bond acceptors (Lipinski definition) is 9. The molecule has 0 fully saturated rings. The third kappa shape index (κ3) is 4.69. The van der Waals surface area contributed by atoms with E-state index in [0.717, 1.165) is 17.3 Å². The summed E-state index contributed by atoms with van der Waals surface area (Å²) >= 11 is 1.10. The van der Waals surface area contributed by atoms with Gasteiger partial charge in [-0.15, -0.1) is 10.2 Å². The highest BCUT2D eigenvalue weighted by Gasteiger charge is 2.21. The molecule has 0 amide bonds. The van der Waals surface area contributed by atoms with Crippen LogP contribution in [0.15, 0.2) is 46.7 Å². The van der Waals surface area contributed by atoms with Gasteiger partial charge in [-0.2, -0.15) is 0 Å². The van der Waals surface area contributed by atoms with Gasteiger partial charge in [0.1, 0.15) is 0 Å². The van der Waals surface area contributed by atoms with Crippen molar-refractivity contribution in [2.45, 2.75) is 23.1 Å². The molecule has 0 aliphatic rings. The van der Waals surface area contributed by atoms with E-state index in [4.69, 9.17) is 14.2 Å². The fourth-order valence-electron chi connectivity index (χ4n) is 2.81. The Kier molecular flexibility index (Phi) is 7.20. The fraction of sp³-hybridized carbons (Fsp3) is 0.316. The van der Waals surface area contributed by atoms with E-state index in [1.54, 1.807) is 27.4 Å². The molecule has 0 N–H and O–H groups in total. The van der Waals surface area contributed by atoms with Crippen LogP contribution < -0.4 is 9.47 Å². The Morgan fingerprint density at radius 3 is 2.63 bits per heavy atom. The molecule has 0 atom stereocenters. The molecular weight excluding hydrogens is 410 g/mol. The molecule has 2 heterocycles. The molecule has 1 aromatic carbocycles. The lowest BCUT2D eigenvalue weighted by Crippen LogP contribution is -2.06. The topological polar surface area (TPSA) is 114 Å². The second-order valence-electron chi connectivity index (χ2n) is 6.06. The van der Waals surface area contributed by atoms with Gasteiger partial charge in [0.25, 0.3) is 0 Å². The van der Waals surface area contributed by atoms with Crippen molar-refractivity contribution in [2.75, 3.05) is 27.9 Å². The van der Waals surface area contributed by atoms with Crippen molar-refractivity contribution < 1.29 is 19.1 Å². The Morgan fingerprint density at radius 1 is 1.13 bits per heavy atom. The Balaban J connectivity index is 2.02.